The highest BCUT2D eigenvalue weighted by molar-refractivity contribution is 5.95. The van der Waals surface area contributed by atoms with Crippen molar-refractivity contribution < 1.29 is 28.6 Å². The van der Waals surface area contributed by atoms with Gasteiger partial charge in [-0.1, -0.05) is 60.7 Å². The number of benzene rings is 2. The van der Waals surface area contributed by atoms with Crippen LogP contribution in [0.25, 0.3) is 0 Å². The molecule has 1 amide bonds. The summed E-state index contributed by atoms with van der Waals surface area (Å²) >= 11 is 0. The fourth-order valence-corrected chi connectivity index (χ4v) is 4.74. The quantitative estimate of drug-likeness (QED) is 0.261. The number of ether oxygens (including phenoxy) is 3. The highest BCUT2D eigenvalue weighted by Gasteiger charge is 2.46. The second-order valence-electron chi connectivity index (χ2n) is 8.61. The Morgan fingerprint density at radius 2 is 1.43 bits per heavy atom. The van der Waals surface area contributed by atoms with Crippen LogP contribution in [0.3, 0.4) is 0 Å². The molecule has 7 nitrogen and oxygen atoms in total. The third-order valence-electron chi connectivity index (χ3n) is 6.35. The van der Waals surface area contributed by atoms with E-state index in [1.54, 1.807) is 18.7 Å². The van der Waals surface area contributed by atoms with Crippen LogP contribution in [-0.4, -0.2) is 48.7 Å². The first-order valence-corrected chi connectivity index (χ1v) is 12.4. The summed E-state index contributed by atoms with van der Waals surface area (Å²) in [7, 11) is 0. The summed E-state index contributed by atoms with van der Waals surface area (Å²) in [5, 5.41) is 0. The number of hydrogen-bond acceptors (Lipinski definition) is 6. The van der Waals surface area contributed by atoms with E-state index < -0.39 is 29.9 Å². The molecule has 7 heteroatoms. The zero-order valence-electron chi connectivity index (χ0n) is 20.6. The summed E-state index contributed by atoms with van der Waals surface area (Å²) in [6, 6.07) is 19.1. The standard InChI is InChI=1S/C28H35NO6/c1-3-33-26(30)25(27(31)34-4-2)23(18-17-21-12-7-5-8-13-21)24-16-11-19-29(24)28(32)35-20-22-14-9-6-10-15-22/h5-10,12-15,23-25H,3-4,11,16-20H2,1-2H3. The Morgan fingerprint density at radius 1 is 0.857 bits per heavy atom. The van der Waals surface area contributed by atoms with Gasteiger partial charge in [0.25, 0.3) is 0 Å². The number of aryl methyl sites for hydroxylation is 1. The minimum absolute atomic E-state index is 0.160. The summed E-state index contributed by atoms with van der Waals surface area (Å²) in [6.07, 6.45) is 2.19. The van der Waals surface area contributed by atoms with Crippen molar-refractivity contribution in [2.45, 2.75) is 52.2 Å². The van der Waals surface area contributed by atoms with Gasteiger partial charge in [-0.25, -0.2) is 4.79 Å². The minimum Gasteiger partial charge on any atom is -0.465 e. The molecule has 35 heavy (non-hydrogen) atoms. The summed E-state index contributed by atoms with van der Waals surface area (Å²) < 4.78 is 16.2. The Kier molecular flexibility index (Phi) is 10.1. The van der Waals surface area contributed by atoms with Crippen LogP contribution >= 0.6 is 0 Å². The lowest BCUT2D eigenvalue weighted by molar-refractivity contribution is -0.165. The fourth-order valence-electron chi connectivity index (χ4n) is 4.74. The molecule has 1 saturated heterocycles. The predicted octanol–water partition coefficient (Wildman–Crippen LogP) is 4.78. The van der Waals surface area contributed by atoms with Crippen molar-refractivity contribution in [3.05, 3.63) is 71.8 Å². The largest absolute Gasteiger partial charge is 0.465 e. The van der Waals surface area contributed by atoms with Crippen LogP contribution in [0.15, 0.2) is 60.7 Å². The molecule has 188 valence electrons. The van der Waals surface area contributed by atoms with Gasteiger partial charge in [0.1, 0.15) is 6.61 Å². The van der Waals surface area contributed by atoms with E-state index in [2.05, 4.69) is 0 Å². The summed E-state index contributed by atoms with van der Waals surface area (Å²) in [5.41, 5.74) is 1.99. The molecule has 0 radical (unpaired) electrons. The molecule has 1 aliphatic rings. The molecular formula is C28H35NO6. The van der Waals surface area contributed by atoms with Gasteiger partial charge in [-0.05, 0) is 50.7 Å². The summed E-state index contributed by atoms with van der Waals surface area (Å²) in [6.45, 7) is 4.42. The molecule has 2 aromatic rings. The molecule has 0 aliphatic carbocycles. The van der Waals surface area contributed by atoms with E-state index >= 15 is 0 Å². The Morgan fingerprint density at radius 3 is 2.00 bits per heavy atom. The van der Waals surface area contributed by atoms with Crippen molar-refractivity contribution in [1.29, 1.82) is 0 Å². The SMILES string of the molecule is CCOC(=O)C(C(=O)OCC)C(CCc1ccccc1)C1CCCN1C(=O)OCc1ccccc1. The van der Waals surface area contributed by atoms with Gasteiger partial charge in [0.2, 0.25) is 0 Å². The van der Waals surface area contributed by atoms with Gasteiger partial charge in [-0.3, -0.25) is 9.59 Å². The van der Waals surface area contributed by atoms with E-state index in [4.69, 9.17) is 14.2 Å². The van der Waals surface area contributed by atoms with Gasteiger partial charge in [-0.2, -0.15) is 0 Å². The van der Waals surface area contributed by atoms with Gasteiger partial charge >= 0.3 is 18.0 Å². The molecule has 0 bridgehead atoms. The number of nitrogens with zero attached hydrogens (tertiary/aromatic N) is 1. The molecule has 1 aliphatic heterocycles. The Bertz CT molecular complexity index is 930. The first-order valence-electron chi connectivity index (χ1n) is 12.4. The molecule has 0 spiro atoms. The molecule has 3 rings (SSSR count). The average molecular weight is 482 g/mol. The molecule has 2 unspecified atom stereocenters. The van der Waals surface area contributed by atoms with Crippen molar-refractivity contribution in [2.75, 3.05) is 19.8 Å². The lowest BCUT2D eigenvalue weighted by atomic mass is 9.80. The lowest BCUT2D eigenvalue weighted by Gasteiger charge is -2.34. The normalized spacial score (nSPS) is 16.1. The number of likely N-dealkylation sites (tertiary alicyclic amines) is 1. The maximum atomic E-state index is 13.1. The van der Waals surface area contributed by atoms with Crippen LogP contribution in [0.5, 0.6) is 0 Å². The van der Waals surface area contributed by atoms with Gasteiger partial charge in [0.05, 0.1) is 13.2 Å². The van der Waals surface area contributed by atoms with Gasteiger partial charge in [0.15, 0.2) is 5.92 Å². The van der Waals surface area contributed by atoms with E-state index in [1.165, 1.54) is 0 Å². The molecule has 2 atom stereocenters. The van der Waals surface area contributed by atoms with Crippen LogP contribution in [-0.2, 0) is 36.8 Å². The van der Waals surface area contributed by atoms with Crippen LogP contribution in [0.2, 0.25) is 0 Å². The van der Waals surface area contributed by atoms with Crippen molar-refractivity contribution >= 4 is 18.0 Å². The Balaban J connectivity index is 1.83. The molecule has 0 N–H and O–H groups in total. The second kappa shape index (κ2) is 13.5. The van der Waals surface area contributed by atoms with Gasteiger partial charge < -0.3 is 19.1 Å². The molecule has 0 saturated carbocycles. The topological polar surface area (TPSA) is 82.1 Å². The zero-order valence-corrected chi connectivity index (χ0v) is 20.6. The number of hydrogen-bond donors (Lipinski definition) is 0. The van der Waals surface area contributed by atoms with E-state index in [0.717, 1.165) is 17.5 Å². The Hall–Kier alpha value is -3.35. The van der Waals surface area contributed by atoms with E-state index in [0.29, 0.717) is 25.8 Å². The predicted molar refractivity (Wildman–Crippen MR) is 131 cm³/mol. The zero-order chi connectivity index (χ0) is 25.0. The second-order valence-corrected chi connectivity index (χ2v) is 8.61. The third kappa shape index (κ3) is 7.31. The first kappa shape index (κ1) is 26.3. The Labute approximate surface area is 207 Å². The molecule has 0 aromatic heterocycles. The highest BCUT2D eigenvalue weighted by Crippen LogP contribution is 2.34. The molecule has 2 aromatic carbocycles. The molecule has 1 heterocycles. The third-order valence-corrected chi connectivity index (χ3v) is 6.35. The van der Waals surface area contributed by atoms with Gasteiger partial charge in [0, 0.05) is 18.5 Å². The maximum Gasteiger partial charge on any atom is 0.410 e. The molecular weight excluding hydrogens is 446 g/mol. The molecule has 1 fully saturated rings. The number of carbonyl (C=O) groups is 3. The van der Waals surface area contributed by atoms with E-state index in [9.17, 15) is 14.4 Å². The van der Waals surface area contributed by atoms with Crippen LogP contribution in [0.4, 0.5) is 4.79 Å². The van der Waals surface area contributed by atoms with Crippen molar-refractivity contribution in [3.8, 4) is 0 Å². The van der Waals surface area contributed by atoms with Crippen molar-refractivity contribution in [3.63, 3.8) is 0 Å². The maximum absolute atomic E-state index is 13.1. The van der Waals surface area contributed by atoms with Crippen LogP contribution < -0.4 is 0 Å². The number of amides is 1. The smallest absolute Gasteiger partial charge is 0.410 e. The van der Waals surface area contributed by atoms with Crippen LogP contribution in [0, 0.1) is 11.8 Å². The number of rotatable bonds is 11. The van der Waals surface area contributed by atoms with Gasteiger partial charge in [-0.15, -0.1) is 0 Å². The minimum atomic E-state index is -1.11. The van der Waals surface area contributed by atoms with Crippen molar-refractivity contribution in [2.24, 2.45) is 11.8 Å². The first-order chi connectivity index (χ1) is 17.0. The highest BCUT2D eigenvalue weighted by atomic mass is 16.6. The van der Waals surface area contributed by atoms with E-state index in [-0.39, 0.29) is 25.9 Å². The summed E-state index contributed by atoms with van der Waals surface area (Å²) in [5.74, 6) is -2.77. The number of carbonyl (C=O) groups excluding carboxylic acids is 3. The average Bonchev–Trinajstić information content (AvgIpc) is 3.36. The van der Waals surface area contributed by atoms with E-state index in [1.807, 2.05) is 60.7 Å². The monoisotopic (exact) mass is 481 g/mol. The lowest BCUT2D eigenvalue weighted by Crippen LogP contribution is -2.47. The van der Waals surface area contributed by atoms with Crippen molar-refractivity contribution in [1.82, 2.24) is 4.90 Å². The number of esters is 2. The summed E-state index contributed by atoms with van der Waals surface area (Å²) in [4.78, 5) is 40.8. The van der Waals surface area contributed by atoms with Crippen LogP contribution in [0.1, 0.15) is 44.2 Å². The fraction of sp³-hybridized carbons (Fsp3) is 0.464.